The first-order chi connectivity index (χ1) is 7.68. The molecule has 0 bridgehead atoms. The Morgan fingerprint density at radius 2 is 1.69 bits per heavy atom. The van der Waals surface area contributed by atoms with Gasteiger partial charge in [0.2, 0.25) is 0 Å². The van der Waals surface area contributed by atoms with E-state index in [4.69, 9.17) is 0 Å². The molecule has 0 fully saturated rings. The van der Waals surface area contributed by atoms with Crippen molar-refractivity contribution in [2.45, 2.75) is 13.8 Å². The smallest absolute Gasteiger partial charge is 0.0538 e. The van der Waals surface area contributed by atoms with Gasteiger partial charge in [-0.05, 0) is 30.9 Å². The van der Waals surface area contributed by atoms with Crippen LogP contribution in [0.5, 0.6) is 0 Å². The van der Waals surface area contributed by atoms with Gasteiger partial charge in [-0.1, -0.05) is 40.2 Å². The predicted molar refractivity (Wildman–Crippen MR) is 73.0 cm³/mol. The fourth-order valence-corrected chi connectivity index (χ4v) is 2.75. The number of fused-ring (bicyclic) bond motifs is 3. The Labute approximate surface area is 103 Å². The summed E-state index contributed by atoms with van der Waals surface area (Å²) >= 11 is 3.59. The van der Waals surface area contributed by atoms with Crippen LogP contribution >= 0.6 is 15.9 Å². The van der Waals surface area contributed by atoms with Gasteiger partial charge >= 0.3 is 0 Å². The molecular weight excluding hydrogens is 262 g/mol. The van der Waals surface area contributed by atoms with Crippen LogP contribution < -0.4 is 0 Å². The molecule has 0 saturated carbocycles. The van der Waals surface area contributed by atoms with Crippen molar-refractivity contribution in [3.63, 3.8) is 0 Å². The van der Waals surface area contributed by atoms with Gasteiger partial charge in [0.25, 0.3) is 0 Å². The lowest BCUT2D eigenvalue weighted by Crippen LogP contribution is -1.77. The highest BCUT2D eigenvalue weighted by Crippen LogP contribution is 2.32. The zero-order chi connectivity index (χ0) is 11.3. The zero-order valence-corrected chi connectivity index (χ0v) is 10.9. The number of hydrogen-bond acceptors (Lipinski definition) is 0. The van der Waals surface area contributed by atoms with Crippen LogP contribution in [0.2, 0.25) is 0 Å². The van der Waals surface area contributed by atoms with E-state index in [0.29, 0.717) is 0 Å². The number of halogens is 1. The molecule has 0 aliphatic rings. The van der Waals surface area contributed by atoms with Crippen LogP contribution in [0.4, 0.5) is 0 Å². The van der Waals surface area contributed by atoms with Crippen molar-refractivity contribution in [3.05, 3.63) is 46.1 Å². The highest BCUT2D eigenvalue weighted by atomic mass is 79.9. The molecule has 1 N–H and O–H groups in total. The summed E-state index contributed by atoms with van der Waals surface area (Å²) in [4.78, 5) is 3.48. The summed E-state index contributed by atoms with van der Waals surface area (Å²) in [5, 5.41) is 3.86. The first kappa shape index (κ1) is 9.91. The third-order valence-corrected chi connectivity index (χ3v) is 3.98. The fraction of sp³-hybridized carbons (Fsp3) is 0.143. The van der Waals surface area contributed by atoms with Crippen molar-refractivity contribution in [1.29, 1.82) is 0 Å². The van der Waals surface area contributed by atoms with E-state index < -0.39 is 0 Å². The fourth-order valence-electron chi connectivity index (χ4n) is 2.25. The molecule has 16 heavy (non-hydrogen) atoms. The average Bonchev–Trinajstić information content (AvgIpc) is 2.56. The van der Waals surface area contributed by atoms with Gasteiger partial charge in [-0.2, -0.15) is 0 Å². The normalized spacial score (nSPS) is 11.4. The SMILES string of the molecule is Cc1[nH]c2c(ccc3c(Br)cccc32)c1C. The van der Waals surface area contributed by atoms with Gasteiger partial charge in [-0.25, -0.2) is 0 Å². The molecule has 2 aromatic carbocycles. The number of hydrogen-bond donors (Lipinski definition) is 1. The van der Waals surface area contributed by atoms with E-state index in [2.05, 4.69) is 65.1 Å². The Kier molecular flexibility index (Phi) is 2.08. The Balaban J connectivity index is 2.60. The number of aromatic nitrogens is 1. The van der Waals surface area contributed by atoms with Gasteiger partial charge in [0, 0.05) is 20.9 Å². The Morgan fingerprint density at radius 3 is 2.50 bits per heavy atom. The van der Waals surface area contributed by atoms with E-state index in [-0.39, 0.29) is 0 Å². The number of nitrogens with one attached hydrogen (secondary N) is 1. The standard InChI is InChI=1S/C14H12BrN/c1-8-9(2)16-14-10(8)6-7-11-12(14)4-3-5-13(11)15/h3-7,16H,1-2H3. The monoisotopic (exact) mass is 273 g/mol. The van der Waals surface area contributed by atoms with Crippen molar-refractivity contribution in [1.82, 2.24) is 4.98 Å². The van der Waals surface area contributed by atoms with Crippen molar-refractivity contribution in [2.75, 3.05) is 0 Å². The van der Waals surface area contributed by atoms with Gasteiger partial charge in [0.15, 0.2) is 0 Å². The zero-order valence-electron chi connectivity index (χ0n) is 9.26. The van der Waals surface area contributed by atoms with Crippen LogP contribution in [0.1, 0.15) is 11.3 Å². The summed E-state index contributed by atoms with van der Waals surface area (Å²) in [6, 6.07) is 10.7. The summed E-state index contributed by atoms with van der Waals surface area (Å²) in [5.74, 6) is 0. The Bertz CT molecular complexity index is 695. The molecule has 1 nitrogen and oxygen atoms in total. The molecule has 1 heterocycles. The maximum absolute atomic E-state index is 3.59. The van der Waals surface area contributed by atoms with E-state index in [1.54, 1.807) is 0 Å². The lowest BCUT2D eigenvalue weighted by molar-refractivity contribution is 1.26. The minimum absolute atomic E-state index is 1.15. The molecule has 0 atom stereocenters. The molecular formula is C14H12BrN. The van der Waals surface area contributed by atoms with Gasteiger partial charge in [-0.15, -0.1) is 0 Å². The Hall–Kier alpha value is -1.28. The summed E-state index contributed by atoms with van der Waals surface area (Å²) in [7, 11) is 0. The molecule has 0 radical (unpaired) electrons. The quantitative estimate of drug-likeness (QED) is 0.611. The van der Waals surface area contributed by atoms with E-state index in [9.17, 15) is 0 Å². The first-order valence-corrected chi connectivity index (χ1v) is 6.14. The van der Waals surface area contributed by atoms with Crippen LogP contribution in [0.15, 0.2) is 34.8 Å². The largest absolute Gasteiger partial charge is 0.358 e. The molecule has 0 unspecified atom stereocenters. The predicted octanol–water partition coefficient (Wildman–Crippen LogP) is 4.70. The molecule has 2 heteroatoms. The van der Waals surface area contributed by atoms with Gasteiger partial charge in [-0.3, -0.25) is 0 Å². The second-order valence-corrected chi connectivity index (χ2v) is 5.05. The molecule has 1 aromatic heterocycles. The Morgan fingerprint density at radius 1 is 0.938 bits per heavy atom. The van der Waals surface area contributed by atoms with E-state index in [0.717, 1.165) is 4.47 Å². The van der Waals surface area contributed by atoms with Crippen molar-refractivity contribution >= 4 is 37.6 Å². The number of H-pyrrole nitrogens is 1. The molecule has 3 aromatic rings. The highest BCUT2D eigenvalue weighted by molar-refractivity contribution is 9.10. The number of aromatic amines is 1. The third-order valence-electron chi connectivity index (χ3n) is 3.29. The average molecular weight is 274 g/mol. The number of rotatable bonds is 0. The molecule has 0 aliphatic heterocycles. The molecule has 0 saturated heterocycles. The first-order valence-electron chi connectivity index (χ1n) is 5.34. The second kappa shape index (κ2) is 3.36. The molecule has 0 spiro atoms. The van der Waals surface area contributed by atoms with E-state index in [1.807, 2.05) is 0 Å². The second-order valence-electron chi connectivity index (χ2n) is 4.20. The minimum atomic E-state index is 1.15. The van der Waals surface area contributed by atoms with E-state index >= 15 is 0 Å². The van der Waals surface area contributed by atoms with Crippen LogP contribution in [0, 0.1) is 13.8 Å². The van der Waals surface area contributed by atoms with Crippen LogP contribution in [-0.4, -0.2) is 4.98 Å². The molecule has 80 valence electrons. The van der Waals surface area contributed by atoms with E-state index in [1.165, 1.54) is 32.9 Å². The lowest BCUT2D eigenvalue weighted by atomic mass is 10.1. The maximum atomic E-state index is 3.59. The van der Waals surface area contributed by atoms with Crippen molar-refractivity contribution in [3.8, 4) is 0 Å². The highest BCUT2D eigenvalue weighted by Gasteiger charge is 2.08. The van der Waals surface area contributed by atoms with Crippen LogP contribution in [0.3, 0.4) is 0 Å². The lowest BCUT2D eigenvalue weighted by Gasteiger charge is -2.02. The molecule has 3 rings (SSSR count). The minimum Gasteiger partial charge on any atom is -0.358 e. The summed E-state index contributed by atoms with van der Waals surface area (Å²) in [6.07, 6.45) is 0. The van der Waals surface area contributed by atoms with Crippen molar-refractivity contribution in [2.24, 2.45) is 0 Å². The number of benzene rings is 2. The van der Waals surface area contributed by atoms with Gasteiger partial charge in [0.05, 0.1) is 5.52 Å². The molecule has 0 aliphatic carbocycles. The van der Waals surface area contributed by atoms with Gasteiger partial charge in [0.1, 0.15) is 0 Å². The topological polar surface area (TPSA) is 15.8 Å². The maximum Gasteiger partial charge on any atom is 0.0538 e. The van der Waals surface area contributed by atoms with Gasteiger partial charge < -0.3 is 4.98 Å². The molecule has 0 amide bonds. The van der Waals surface area contributed by atoms with Crippen molar-refractivity contribution < 1.29 is 0 Å². The number of aryl methyl sites for hydroxylation is 2. The third kappa shape index (κ3) is 1.23. The van der Waals surface area contributed by atoms with Crippen LogP contribution in [-0.2, 0) is 0 Å². The summed E-state index contributed by atoms with van der Waals surface area (Å²) in [6.45, 7) is 4.29. The summed E-state index contributed by atoms with van der Waals surface area (Å²) in [5.41, 5.74) is 3.84. The van der Waals surface area contributed by atoms with Crippen LogP contribution in [0.25, 0.3) is 21.7 Å². The summed E-state index contributed by atoms with van der Waals surface area (Å²) < 4.78 is 1.15.